The lowest BCUT2D eigenvalue weighted by Gasteiger charge is -2.06. The lowest BCUT2D eigenvalue weighted by molar-refractivity contribution is -0.136. The first-order valence-electron chi connectivity index (χ1n) is 3.83. The van der Waals surface area contributed by atoms with Gasteiger partial charge in [-0.25, -0.2) is 8.78 Å². The zero-order valence-corrected chi connectivity index (χ0v) is 8.02. The Morgan fingerprint density at radius 1 is 1.60 bits per heavy atom. The highest BCUT2D eigenvalue weighted by Gasteiger charge is 2.17. The third-order valence-electron chi connectivity index (χ3n) is 1.64. The number of hydrogen-bond acceptors (Lipinski definition) is 2. The molecule has 1 aromatic rings. The molecule has 0 radical (unpaired) electrons. The predicted molar refractivity (Wildman–Crippen MR) is 48.4 cm³/mol. The molecule has 0 unspecified atom stereocenters. The number of carbonyl (C=O) groups is 1. The van der Waals surface area contributed by atoms with Gasteiger partial charge in [0.25, 0.3) is 6.43 Å². The monoisotopic (exact) mass is 237 g/mol. The molecule has 0 amide bonds. The molecule has 82 valence electrons. The molecule has 0 saturated carbocycles. The van der Waals surface area contributed by atoms with Crippen LogP contribution in [0.3, 0.4) is 0 Å². The number of aromatic nitrogens is 1. The quantitative estimate of drug-likeness (QED) is 0.839. The number of pyridine rings is 1. The Morgan fingerprint density at radius 3 is 2.67 bits per heavy atom. The lowest BCUT2D eigenvalue weighted by atomic mass is 10.1. The summed E-state index contributed by atoms with van der Waals surface area (Å²) in [4.78, 5) is 23.1. The van der Waals surface area contributed by atoms with E-state index < -0.39 is 35.1 Å². The van der Waals surface area contributed by atoms with Crippen LogP contribution >= 0.6 is 11.6 Å². The fourth-order valence-corrected chi connectivity index (χ4v) is 1.31. The molecule has 0 aromatic carbocycles. The summed E-state index contributed by atoms with van der Waals surface area (Å²) in [7, 11) is 0. The fourth-order valence-electron chi connectivity index (χ4n) is 1.06. The molecule has 15 heavy (non-hydrogen) atoms. The van der Waals surface area contributed by atoms with E-state index in [-0.39, 0.29) is 5.56 Å². The largest absolute Gasteiger partial charge is 0.481 e. The highest BCUT2D eigenvalue weighted by atomic mass is 35.5. The molecule has 1 aromatic heterocycles. The summed E-state index contributed by atoms with van der Waals surface area (Å²) < 4.78 is 24.6. The highest BCUT2D eigenvalue weighted by Crippen LogP contribution is 2.26. The van der Waals surface area contributed by atoms with E-state index in [4.69, 9.17) is 16.7 Å². The van der Waals surface area contributed by atoms with E-state index in [2.05, 4.69) is 0 Å². The van der Waals surface area contributed by atoms with Gasteiger partial charge in [0.1, 0.15) is 5.69 Å². The molecular formula is C8H6ClF2NO3. The Balaban J connectivity index is 3.28. The van der Waals surface area contributed by atoms with Crippen molar-refractivity contribution in [2.75, 3.05) is 0 Å². The number of aliphatic carboxylic acids is 1. The topological polar surface area (TPSA) is 70.2 Å². The summed E-state index contributed by atoms with van der Waals surface area (Å²) in [5.74, 6) is -1.25. The van der Waals surface area contributed by atoms with Gasteiger partial charge in [0.2, 0.25) is 5.56 Å². The third kappa shape index (κ3) is 2.76. The second-order valence-corrected chi connectivity index (χ2v) is 3.14. The van der Waals surface area contributed by atoms with Crippen molar-refractivity contribution in [1.82, 2.24) is 4.98 Å². The molecule has 0 fully saturated rings. The number of nitrogens with one attached hydrogen (secondary N) is 1. The fraction of sp³-hybridized carbons (Fsp3) is 0.250. The summed E-state index contributed by atoms with van der Waals surface area (Å²) in [5.41, 5.74) is -1.67. The minimum absolute atomic E-state index is 0.122. The molecule has 0 atom stereocenters. The van der Waals surface area contributed by atoms with Gasteiger partial charge in [0.15, 0.2) is 0 Å². The SMILES string of the molecule is O=C(O)Cc1cc(=O)[nH]c(C(F)F)c1Cl. The van der Waals surface area contributed by atoms with Gasteiger partial charge in [-0.2, -0.15) is 0 Å². The zero-order valence-electron chi connectivity index (χ0n) is 7.26. The number of hydrogen-bond donors (Lipinski definition) is 2. The van der Waals surface area contributed by atoms with Crippen molar-refractivity contribution in [3.8, 4) is 0 Å². The number of H-pyrrole nitrogens is 1. The van der Waals surface area contributed by atoms with Crippen LogP contribution in [-0.4, -0.2) is 16.1 Å². The van der Waals surface area contributed by atoms with Gasteiger partial charge < -0.3 is 10.1 Å². The Hall–Kier alpha value is -1.43. The maximum absolute atomic E-state index is 12.3. The van der Waals surface area contributed by atoms with E-state index in [1.54, 1.807) is 0 Å². The molecule has 7 heteroatoms. The number of alkyl halides is 2. The van der Waals surface area contributed by atoms with Crippen molar-refractivity contribution in [1.29, 1.82) is 0 Å². The van der Waals surface area contributed by atoms with E-state index in [0.29, 0.717) is 0 Å². The summed E-state index contributed by atoms with van der Waals surface area (Å²) in [6, 6.07) is 0.891. The van der Waals surface area contributed by atoms with Crippen LogP contribution in [0.5, 0.6) is 0 Å². The maximum Gasteiger partial charge on any atom is 0.307 e. The van der Waals surface area contributed by atoms with Gasteiger partial charge in [-0.05, 0) is 5.56 Å². The zero-order chi connectivity index (χ0) is 11.6. The summed E-state index contributed by atoms with van der Waals surface area (Å²) in [6.45, 7) is 0. The smallest absolute Gasteiger partial charge is 0.307 e. The molecule has 0 saturated heterocycles. The van der Waals surface area contributed by atoms with Crippen LogP contribution in [0.4, 0.5) is 8.78 Å². The molecule has 1 heterocycles. The van der Waals surface area contributed by atoms with Crippen LogP contribution in [0.2, 0.25) is 5.02 Å². The second-order valence-electron chi connectivity index (χ2n) is 2.76. The normalized spacial score (nSPS) is 10.7. The number of rotatable bonds is 3. The van der Waals surface area contributed by atoms with Crippen molar-refractivity contribution in [2.45, 2.75) is 12.8 Å². The van der Waals surface area contributed by atoms with E-state index in [9.17, 15) is 18.4 Å². The third-order valence-corrected chi connectivity index (χ3v) is 2.09. The first kappa shape index (κ1) is 11.6. The molecule has 2 N–H and O–H groups in total. The van der Waals surface area contributed by atoms with Crippen LogP contribution < -0.4 is 5.56 Å². The lowest BCUT2D eigenvalue weighted by Crippen LogP contribution is -2.13. The molecule has 0 aliphatic carbocycles. The molecule has 4 nitrogen and oxygen atoms in total. The highest BCUT2D eigenvalue weighted by molar-refractivity contribution is 6.32. The van der Waals surface area contributed by atoms with Crippen LogP contribution in [0.15, 0.2) is 10.9 Å². The van der Waals surface area contributed by atoms with Crippen molar-refractivity contribution in [3.05, 3.63) is 32.7 Å². The van der Waals surface area contributed by atoms with Crippen LogP contribution in [0.25, 0.3) is 0 Å². The molecule has 0 bridgehead atoms. The van der Waals surface area contributed by atoms with Crippen LogP contribution in [0.1, 0.15) is 17.7 Å². The van der Waals surface area contributed by atoms with Crippen LogP contribution in [-0.2, 0) is 11.2 Å². The number of carboxylic acids is 1. The predicted octanol–water partition coefficient (Wildman–Crippen LogP) is 1.59. The number of carboxylic acid groups (broad SMARTS) is 1. The summed E-state index contributed by atoms with van der Waals surface area (Å²) >= 11 is 5.51. The molecular weight excluding hydrogens is 232 g/mol. The Kier molecular flexibility index (Phi) is 3.41. The molecule has 0 spiro atoms. The van der Waals surface area contributed by atoms with E-state index >= 15 is 0 Å². The Morgan fingerprint density at radius 2 is 2.20 bits per heavy atom. The molecule has 0 aliphatic heterocycles. The number of halogens is 3. The Labute approximate surface area is 87.5 Å². The van der Waals surface area contributed by atoms with Crippen molar-refractivity contribution < 1.29 is 18.7 Å². The maximum atomic E-state index is 12.3. The van der Waals surface area contributed by atoms with E-state index in [0.717, 1.165) is 6.07 Å². The van der Waals surface area contributed by atoms with E-state index in [1.807, 2.05) is 4.98 Å². The Bertz CT molecular complexity index is 444. The van der Waals surface area contributed by atoms with Crippen molar-refractivity contribution >= 4 is 17.6 Å². The average Bonchev–Trinajstić information content (AvgIpc) is 2.09. The van der Waals surface area contributed by atoms with Crippen molar-refractivity contribution in [3.63, 3.8) is 0 Å². The van der Waals surface area contributed by atoms with Gasteiger partial charge in [0.05, 0.1) is 11.4 Å². The molecule has 0 aliphatic rings. The average molecular weight is 238 g/mol. The first-order chi connectivity index (χ1) is 6.91. The number of aromatic amines is 1. The van der Waals surface area contributed by atoms with Gasteiger partial charge >= 0.3 is 5.97 Å². The van der Waals surface area contributed by atoms with Gasteiger partial charge in [-0.1, -0.05) is 11.6 Å². The van der Waals surface area contributed by atoms with Crippen molar-refractivity contribution in [2.24, 2.45) is 0 Å². The minimum Gasteiger partial charge on any atom is -0.481 e. The first-order valence-corrected chi connectivity index (χ1v) is 4.21. The standard InChI is InChI=1S/C8H6ClF2NO3/c9-6-3(2-5(14)15)1-4(13)12-7(6)8(10)11/h1,8H,2H2,(H,12,13)(H,14,15). The van der Waals surface area contributed by atoms with Gasteiger partial charge in [-0.3, -0.25) is 9.59 Å². The second kappa shape index (κ2) is 4.39. The van der Waals surface area contributed by atoms with Crippen LogP contribution in [0, 0.1) is 0 Å². The van der Waals surface area contributed by atoms with Gasteiger partial charge in [-0.15, -0.1) is 0 Å². The van der Waals surface area contributed by atoms with Gasteiger partial charge in [0, 0.05) is 6.07 Å². The summed E-state index contributed by atoms with van der Waals surface area (Å²) in [6.07, 6.45) is -3.51. The van der Waals surface area contributed by atoms with E-state index in [1.165, 1.54) is 0 Å². The summed E-state index contributed by atoms with van der Waals surface area (Å²) in [5, 5.41) is 8.04. The molecule has 1 rings (SSSR count). The minimum atomic E-state index is -2.95.